The van der Waals surface area contributed by atoms with E-state index in [0.717, 1.165) is 16.8 Å². The van der Waals surface area contributed by atoms with Gasteiger partial charge in [-0.3, -0.25) is 14.5 Å². The number of benzene rings is 2. The summed E-state index contributed by atoms with van der Waals surface area (Å²) in [4.78, 5) is 28.8. The molecule has 0 saturated carbocycles. The van der Waals surface area contributed by atoms with E-state index in [9.17, 15) is 14.0 Å². The molecule has 160 valence electrons. The van der Waals surface area contributed by atoms with Crippen molar-refractivity contribution in [2.24, 2.45) is 0 Å². The number of piperazine rings is 1. The second kappa shape index (κ2) is 9.71. The number of amides is 2. The predicted octanol–water partition coefficient (Wildman–Crippen LogP) is 2.71. The molecule has 0 aromatic heterocycles. The second-order valence-corrected chi connectivity index (χ2v) is 7.68. The van der Waals surface area contributed by atoms with E-state index in [2.05, 4.69) is 15.5 Å². The SMILES string of the molecule is Cc1cccc(C)c1NC(=O)CNC(=O)C(C)N1CCN(c2ccccc2F)CC1. The fourth-order valence-corrected chi connectivity index (χ4v) is 3.73. The van der Waals surface area contributed by atoms with Crippen LogP contribution in [0, 0.1) is 19.7 Å². The van der Waals surface area contributed by atoms with Crippen LogP contribution in [-0.4, -0.2) is 55.5 Å². The number of anilines is 2. The number of aryl methyl sites for hydroxylation is 2. The Morgan fingerprint density at radius 1 is 1.00 bits per heavy atom. The highest BCUT2D eigenvalue weighted by Gasteiger charge is 2.26. The number of nitrogens with one attached hydrogen (secondary N) is 2. The zero-order valence-corrected chi connectivity index (χ0v) is 17.7. The summed E-state index contributed by atoms with van der Waals surface area (Å²) in [6, 6.07) is 12.2. The van der Waals surface area contributed by atoms with E-state index in [4.69, 9.17) is 0 Å². The Bertz CT molecular complexity index is 890. The smallest absolute Gasteiger partial charge is 0.243 e. The van der Waals surface area contributed by atoms with Gasteiger partial charge in [-0.05, 0) is 44.0 Å². The molecule has 1 fully saturated rings. The molecule has 1 unspecified atom stereocenters. The third kappa shape index (κ3) is 5.16. The molecule has 2 amide bonds. The molecule has 1 aliphatic rings. The maximum atomic E-state index is 14.0. The molecule has 3 rings (SSSR count). The predicted molar refractivity (Wildman–Crippen MR) is 117 cm³/mol. The van der Waals surface area contributed by atoms with E-state index in [-0.39, 0.29) is 30.2 Å². The van der Waals surface area contributed by atoms with Gasteiger partial charge in [0.15, 0.2) is 0 Å². The molecule has 2 aromatic rings. The van der Waals surface area contributed by atoms with Crippen LogP contribution in [0.5, 0.6) is 0 Å². The van der Waals surface area contributed by atoms with Crippen LogP contribution in [0.4, 0.5) is 15.8 Å². The van der Waals surface area contributed by atoms with Crippen molar-refractivity contribution in [1.29, 1.82) is 0 Å². The molecule has 7 heteroatoms. The van der Waals surface area contributed by atoms with Crippen molar-refractivity contribution in [2.75, 3.05) is 42.9 Å². The number of hydrogen-bond donors (Lipinski definition) is 2. The Morgan fingerprint density at radius 2 is 1.63 bits per heavy atom. The van der Waals surface area contributed by atoms with E-state index < -0.39 is 0 Å². The van der Waals surface area contributed by atoms with Gasteiger partial charge in [0.05, 0.1) is 18.3 Å². The normalized spacial score (nSPS) is 15.5. The Balaban J connectivity index is 1.47. The van der Waals surface area contributed by atoms with Crippen molar-refractivity contribution in [3.63, 3.8) is 0 Å². The van der Waals surface area contributed by atoms with Crippen LogP contribution in [0.15, 0.2) is 42.5 Å². The Hall–Kier alpha value is -2.93. The first-order valence-corrected chi connectivity index (χ1v) is 10.2. The number of nitrogens with zero attached hydrogens (tertiary/aromatic N) is 2. The molecule has 2 N–H and O–H groups in total. The molecule has 6 nitrogen and oxygen atoms in total. The first-order chi connectivity index (χ1) is 14.4. The summed E-state index contributed by atoms with van der Waals surface area (Å²) in [5.74, 6) is -0.671. The van der Waals surface area contributed by atoms with Gasteiger partial charge in [-0.1, -0.05) is 30.3 Å². The van der Waals surface area contributed by atoms with Crippen molar-refractivity contribution in [2.45, 2.75) is 26.8 Å². The van der Waals surface area contributed by atoms with Crippen molar-refractivity contribution in [1.82, 2.24) is 10.2 Å². The van der Waals surface area contributed by atoms with Gasteiger partial charge in [-0.2, -0.15) is 0 Å². The standard InChI is InChI=1S/C23H29FN4O2/c1-16-7-6-8-17(2)22(16)26-21(29)15-25-23(30)18(3)27-11-13-28(14-12-27)20-10-5-4-9-19(20)24/h4-10,18H,11-15H2,1-3H3,(H,25,30)(H,26,29). The first-order valence-electron chi connectivity index (χ1n) is 10.2. The molecule has 0 radical (unpaired) electrons. The topological polar surface area (TPSA) is 64.7 Å². The molecule has 30 heavy (non-hydrogen) atoms. The zero-order chi connectivity index (χ0) is 21.7. The maximum absolute atomic E-state index is 14.0. The minimum absolute atomic E-state index is 0.0772. The van der Waals surface area contributed by atoms with Crippen LogP contribution in [-0.2, 0) is 9.59 Å². The quantitative estimate of drug-likeness (QED) is 0.766. The lowest BCUT2D eigenvalue weighted by Gasteiger charge is -2.38. The number of hydrogen-bond acceptors (Lipinski definition) is 4. The van der Waals surface area contributed by atoms with Crippen LogP contribution in [0.25, 0.3) is 0 Å². The van der Waals surface area contributed by atoms with Crippen molar-refractivity contribution >= 4 is 23.2 Å². The Labute approximate surface area is 177 Å². The summed E-state index contributed by atoms with van der Waals surface area (Å²) in [5.41, 5.74) is 3.35. The molecule has 2 aromatic carbocycles. The average Bonchev–Trinajstić information content (AvgIpc) is 2.75. The zero-order valence-electron chi connectivity index (χ0n) is 17.7. The molecular formula is C23H29FN4O2. The van der Waals surface area contributed by atoms with E-state index in [1.54, 1.807) is 12.1 Å². The van der Waals surface area contributed by atoms with Crippen LogP contribution < -0.4 is 15.5 Å². The highest BCUT2D eigenvalue weighted by molar-refractivity contribution is 5.96. The molecule has 0 aliphatic carbocycles. The molecular weight excluding hydrogens is 383 g/mol. The van der Waals surface area contributed by atoms with Crippen LogP contribution in [0.2, 0.25) is 0 Å². The minimum atomic E-state index is -0.360. The Kier molecular flexibility index (Phi) is 7.05. The van der Waals surface area contributed by atoms with Gasteiger partial charge in [0.2, 0.25) is 11.8 Å². The van der Waals surface area contributed by atoms with Gasteiger partial charge in [-0.25, -0.2) is 4.39 Å². The largest absolute Gasteiger partial charge is 0.367 e. The van der Waals surface area contributed by atoms with E-state index in [0.29, 0.717) is 31.9 Å². The highest BCUT2D eigenvalue weighted by Crippen LogP contribution is 2.21. The van der Waals surface area contributed by atoms with Crippen LogP contribution in [0.1, 0.15) is 18.1 Å². The second-order valence-electron chi connectivity index (χ2n) is 7.68. The van der Waals surface area contributed by atoms with Gasteiger partial charge in [-0.15, -0.1) is 0 Å². The summed E-state index contributed by atoms with van der Waals surface area (Å²) in [7, 11) is 0. The number of carbonyl (C=O) groups excluding carboxylic acids is 2. The van der Waals surface area contributed by atoms with E-state index in [1.807, 2.05) is 49.9 Å². The van der Waals surface area contributed by atoms with Gasteiger partial charge in [0.25, 0.3) is 0 Å². The third-order valence-corrected chi connectivity index (χ3v) is 5.60. The molecule has 1 heterocycles. The lowest BCUT2D eigenvalue weighted by Crippen LogP contribution is -2.54. The van der Waals surface area contributed by atoms with E-state index >= 15 is 0 Å². The lowest BCUT2D eigenvalue weighted by molar-refractivity contribution is -0.128. The number of carbonyl (C=O) groups is 2. The minimum Gasteiger partial charge on any atom is -0.367 e. The van der Waals surface area contributed by atoms with Crippen LogP contribution in [0.3, 0.4) is 0 Å². The van der Waals surface area contributed by atoms with E-state index in [1.165, 1.54) is 6.07 Å². The molecule has 0 spiro atoms. The molecule has 1 atom stereocenters. The third-order valence-electron chi connectivity index (χ3n) is 5.60. The maximum Gasteiger partial charge on any atom is 0.243 e. The summed E-state index contributed by atoms with van der Waals surface area (Å²) < 4.78 is 14.0. The molecule has 1 aliphatic heterocycles. The van der Waals surface area contributed by atoms with Gasteiger partial charge in [0.1, 0.15) is 5.82 Å². The van der Waals surface area contributed by atoms with Crippen molar-refractivity contribution in [3.8, 4) is 0 Å². The molecule has 1 saturated heterocycles. The van der Waals surface area contributed by atoms with Gasteiger partial charge >= 0.3 is 0 Å². The summed E-state index contributed by atoms with van der Waals surface area (Å²) in [6.07, 6.45) is 0. The first kappa shape index (κ1) is 21.8. The van der Waals surface area contributed by atoms with Gasteiger partial charge in [0, 0.05) is 31.9 Å². The highest BCUT2D eigenvalue weighted by atomic mass is 19.1. The fourth-order valence-electron chi connectivity index (χ4n) is 3.73. The number of rotatable bonds is 6. The van der Waals surface area contributed by atoms with Crippen molar-refractivity contribution in [3.05, 3.63) is 59.4 Å². The van der Waals surface area contributed by atoms with Crippen molar-refractivity contribution < 1.29 is 14.0 Å². The Morgan fingerprint density at radius 3 is 2.27 bits per heavy atom. The lowest BCUT2D eigenvalue weighted by atomic mass is 10.1. The number of halogens is 1. The van der Waals surface area contributed by atoms with Crippen LogP contribution >= 0.6 is 0 Å². The summed E-state index contributed by atoms with van der Waals surface area (Å²) >= 11 is 0. The summed E-state index contributed by atoms with van der Waals surface area (Å²) in [6.45, 7) is 8.21. The van der Waals surface area contributed by atoms with Gasteiger partial charge < -0.3 is 15.5 Å². The number of para-hydroxylation sites is 2. The summed E-state index contributed by atoms with van der Waals surface area (Å²) in [5, 5.41) is 5.60. The monoisotopic (exact) mass is 412 g/mol. The molecule has 0 bridgehead atoms. The fraction of sp³-hybridized carbons (Fsp3) is 0.391. The average molecular weight is 413 g/mol.